The zero-order valence-electron chi connectivity index (χ0n) is 14.2. The number of pyridine rings is 1. The second kappa shape index (κ2) is 6.21. The molecule has 0 saturated carbocycles. The van der Waals surface area contributed by atoms with Crippen molar-refractivity contribution in [2.45, 2.75) is 44.7 Å². The number of aromatic nitrogens is 1. The van der Waals surface area contributed by atoms with E-state index in [4.69, 9.17) is 0 Å². The summed E-state index contributed by atoms with van der Waals surface area (Å²) in [4.78, 5) is 19.0. The molecule has 1 N–H and O–H groups in total. The number of benzene rings is 1. The number of anilines is 1. The van der Waals surface area contributed by atoms with Crippen LogP contribution in [-0.2, 0) is 0 Å². The molecule has 2 atom stereocenters. The van der Waals surface area contributed by atoms with Gasteiger partial charge in [0.1, 0.15) is 6.07 Å². The van der Waals surface area contributed by atoms with Crippen LogP contribution in [0.25, 0.3) is 11.3 Å². The summed E-state index contributed by atoms with van der Waals surface area (Å²) >= 11 is 0. The Labute approximate surface area is 147 Å². The average molecular weight is 332 g/mol. The number of urea groups is 1. The van der Waals surface area contributed by atoms with Crippen molar-refractivity contribution in [3.63, 3.8) is 0 Å². The summed E-state index contributed by atoms with van der Waals surface area (Å²) in [7, 11) is 0. The summed E-state index contributed by atoms with van der Waals surface area (Å²) in [5.41, 5.74) is 3.82. The number of fused-ring (bicyclic) bond motifs is 2. The Balaban J connectivity index is 1.60. The van der Waals surface area contributed by atoms with Crippen molar-refractivity contribution in [2.75, 3.05) is 5.32 Å². The van der Waals surface area contributed by atoms with Gasteiger partial charge in [0.15, 0.2) is 0 Å². The van der Waals surface area contributed by atoms with Crippen molar-refractivity contribution in [3.8, 4) is 17.3 Å². The molecule has 0 aliphatic carbocycles. The van der Waals surface area contributed by atoms with Crippen molar-refractivity contribution in [2.24, 2.45) is 0 Å². The van der Waals surface area contributed by atoms with Crippen LogP contribution in [0.1, 0.15) is 36.8 Å². The molecule has 5 nitrogen and oxygen atoms in total. The summed E-state index contributed by atoms with van der Waals surface area (Å²) < 4.78 is 0. The Morgan fingerprint density at radius 1 is 1.32 bits per heavy atom. The van der Waals surface area contributed by atoms with E-state index in [9.17, 15) is 10.1 Å². The molecule has 2 aromatic rings. The van der Waals surface area contributed by atoms with E-state index in [0.29, 0.717) is 23.3 Å². The zero-order chi connectivity index (χ0) is 17.4. The van der Waals surface area contributed by atoms with Gasteiger partial charge >= 0.3 is 6.03 Å². The molecule has 2 amide bonds. The van der Waals surface area contributed by atoms with Crippen LogP contribution in [0.2, 0.25) is 0 Å². The van der Waals surface area contributed by atoms with Crippen molar-refractivity contribution in [3.05, 3.63) is 47.7 Å². The highest BCUT2D eigenvalue weighted by atomic mass is 16.2. The van der Waals surface area contributed by atoms with Crippen LogP contribution in [0.5, 0.6) is 0 Å². The van der Waals surface area contributed by atoms with Crippen molar-refractivity contribution in [1.29, 1.82) is 5.26 Å². The molecule has 2 saturated heterocycles. The van der Waals surface area contributed by atoms with Crippen LogP contribution in [0.4, 0.5) is 10.5 Å². The van der Waals surface area contributed by atoms with Gasteiger partial charge in [0.05, 0.1) is 11.3 Å². The van der Waals surface area contributed by atoms with Gasteiger partial charge in [-0.05, 0) is 62.4 Å². The molecule has 3 heterocycles. The number of rotatable bonds is 2. The van der Waals surface area contributed by atoms with Gasteiger partial charge in [-0.3, -0.25) is 4.98 Å². The first kappa shape index (κ1) is 15.6. The van der Waals surface area contributed by atoms with E-state index in [0.717, 1.165) is 36.1 Å². The predicted octanol–water partition coefficient (Wildman–Crippen LogP) is 4.09. The van der Waals surface area contributed by atoms with Crippen molar-refractivity contribution < 1.29 is 4.79 Å². The second-order valence-corrected chi connectivity index (χ2v) is 6.85. The Hall–Kier alpha value is -2.87. The minimum absolute atomic E-state index is 0.0164. The van der Waals surface area contributed by atoms with Gasteiger partial charge in [-0.25, -0.2) is 4.79 Å². The Morgan fingerprint density at radius 2 is 2.12 bits per heavy atom. The van der Waals surface area contributed by atoms with E-state index in [1.54, 1.807) is 18.3 Å². The highest BCUT2D eigenvalue weighted by Gasteiger charge is 2.44. The number of piperidine rings is 1. The number of amides is 2. The minimum Gasteiger partial charge on any atom is -0.318 e. The zero-order valence-corrected chi connectivity index (χ0v) is 14.2. The quantitative estimate of drug-likeness (QED) is 0.900. The van der Waals surface area contributed by atoms with Gasteiger partial charge in [0.25, 0.3) is 0 Å². The highest BCUT2D eigenvalue weighted by molar-refractivity contribution is 5.91. The van der Waals surface area contributed by atoms with Gasteiger partial charge in [-0.2, -0.15) is 5.26 Å². The molecule has 2 aliphatic rings. The van der Waals surface area contributed by atoms with Crippen molar-refractivity contribution >= 4 is 11.7 Å². The maximum atomic E-state index is 12.6. The summed E-state index contributed by atoms with van der Waals surface area (Å²) in [6, 6.07) is 12.3. The normalized spacial score (nSPS) is 21.2. The molecule has 2 aliphatic heterocycles. The van der Waals surface area contributed by atoms with Gasteiger partial charge in [-0.1, -0.05) is 6.07 Å². The third-order valence-electron chi connectivity index (χ3n) is 5.31. The number of nitriles is 1. The number of nitrogens with zero attached hydrogens (tertiary/aromatic N) is 3. The second-order valence-electron chi connectivity index (χ2n) is 6.85. The molecule has 0 spiro atoms. The van der Waals surface area contributed by atoms with Crippen LogP contribution in [0.15, 0.2) is 36.5 Å². The van der Waals surface area contributed by atoms with E-state index in [-0.39, 0.29) is 6.03 Å². The fraction of sp³-hybridized carbons (Fsp3) is 0.350. The monoisotopic (exact) mass is 332 g/mol. The molecule has 25 heavy (non-hydrogen) atoms. The smallest absolute Gasteiger partial charge is 0.318 e. The fourth-order valence-corrected chi connectivity index (χ4v) is 3.99. The molecule has 5 heteroatoms. The molecule has 126 valence electrons. The van der Waals surface area contributed by atoms with E-state index in [1.165, 1.54) is 6.42 Å². The van der Waals surface area contributed by atoms with E-state index in [1.807, 2.05) is 30.0 Å². The molecule has 2 bridgehead atoms. The minimum atomic E-state index is -0.0164. The molecule has 2 unspecified atom stereocenters. The first-order valence-corrected chi connectivity index (χ1v) is 8.73. The lowest BCUT2D eigenvalue weighted by Gasteiger charge is -2.52. The van der Waals surface area contributed by atoms with E-state index < -0.39 is 0 Å². The van der Waals surface area contributed by atoms with Crippen molar-refractivity contribution in [1.82, 2.24) is 9.88 Å². The van der Waals surface area contributed by atoms with Crippen LogP contribution in [0.3, 0.4) is 0 Å². The number of hydrogen-bond acceptors (Lipinski definition) is 3. The van der Waals surface area contributed by atoms with Gasteiger partial charge in [0.2, 0.25) is 0 Å². The lowest BCUT2D eigenvalue weighted by molar-refractivity contribution is 0.0173. The Kier molecular flexibility index (Phi) is 3.89. The molecular weight excluding hydrogens is 312 g/mol. The SMILES string of the molecule is Cc1ccc(NC(=O)N2C3CCCC2C3)cc1-c1ncccc1C#N. The summed E-state index contributed by atoms with van der Waals surface area (Å²) in [5.74, 6) is 0. The van der Waals surface area contributed by atoms with Gasteiger partial charge in [-0.15, -0.1) is 0 Å². The van der Waals surface area contributed by atoms with Crippen LogP contribution in [-0.4, -0.2) is 28.0 Å². The first-order chi connectivity index (χ1) is 12.2. The average Bonchev–Trinajstić information content (AvgIpc) is 2.63. The van der Waals surface area contributed by atoms with E-state index in [2.05, 4.69) is 16.4 Å². The van der Waals surface area contributed by atoms with E-state index >= 15 is 0 Å². The highest BCUT2D eigenvalue weighted by Crippen LogP contribution is 2.38. The number of carbonyl (C=O) groups excluding carboxylic acids is 1. The summed E-state index contributed by atoms with van der Waals surface area (Å²) in [6.07, 6.45) is 6.28. The molecule has 1 aromatic heterocycles. The maximum absolute atomic E-state index is 12.6. The molecule has 1 aromatic carbocycles. The lowest BCUT2D eigenvalue weighted by atomic mass is 9.80. The van der Waals surface area contributed by atoms with Crippen LogP contribution < -0.4 is 5.32 Å². The van der Waals surface area contributed by atoms with Gasteiger partial charge < -0.3 is 10.2 Å². The molecule has 0 radical (unpaired) electrons. The standard InChI is InChI=1S/C20H20N4O/c1-13-7-8-15(10-18(13)19-14(12-21)4-3-9-22-19)23-20(25)24-16-5-2-6-17(24)11-16/h3-4,7-10,16-17H,2,5-6,11H2,1H3,(H,23,25). The summed E-state index contributed by atoms with van der Waals surface area (Å²) in [5, 5.41) is 12.3. The number of nitrogens with one attached hydrogen (secondary N) is 1. The predicted molar refractivity (Wildman–Crippen MR) is 96.0 cm³/mol. The first-order valence-electron chi connectivity index (χ1n) is 8.73. The fourth-order valence-electron chi connectivity index (χ4n) is 3.99. The number of carbonyl (C=O) groups is 1. The Morgan fingerprint density at radius 3 is 2.84 bits per heavy atom. The number of hydrogen-bond donors (Lipinski definition) is 1. The molecular formula is C20H20N4O. The Bertz CT molecular complexity index is 856. The van der Waals surface area contributed by atoms with Gasteiger partial charge in [0, 0.05) is 29.5 Å². The third kappa shape index (κ3) is 2.74. The van der Waals surface area contributed by atoms with Crippen LogP contribution >= 0.6 is 0 Å². The largest absolute Gasteiger partial charge is 0.322 e. The number of aryl methyl sites for hydroxylation is 1. The topological polar surface area (TPSA) is 69.0 Å². The van der Waals surface area contributed by atoms with Crippen LogP contribution in [0, 0.1) is 18.3 Å². The molecule has 2 fully saturated rings. The third-order valence-corrected chi connectivity index (χ3v) is 5.31. The summed E-state index contributed by atoms with van der Waals surface area (Å²) in [6.45, 7) is 1.98. The maximum Gasteiger partial charge on any atom is 0.322 e. The molecule has 4 rings (SSSR count). The lowest BCUT2D eigenvalue weighted by Crippen LogP contribution is -2.62.